The minimum atomic E-state index is -3.43. The molecule has 32 heavy (non-hydrogen) atoms. The van der Waals surface area contributed by atoms with Gasteiger partial charge in [0.15, 0.2) is 5.78 Å². The molecule has 1 heterocycles. The highest BCUT2D eigenvalue weighted by atomic mass is 32.2. The number of amides is 3. The van der Waals surface area contributed by atoms with Crippen LogP contribution in [-0.2, 0) is 26.8 Å². The Morgan fingerprint density at radius 3 is 2.19 bits per heavy atom. The molecule has 0 aliphatic carbocycles. The number of nitrogens with zero attached hydrogens (tertiary/aromatic N) is 2. The van der Waals surface area contributed by atoms with Crippen LogP contribution in [0, 0.1) is 0 Å². The molecule has 1 aliphatic rings. The summed E-state index contributed by atoms with van der Waals surface area (Å²) < 4.78 is 24.4. The summed E-state index contributed by atoms with van der Waals surface area (Å²) in [5.74, 6) is -0.919. The zero-order chi connectivity index (χ0) is 23.7. The lowest BCUT2D eigenvalue weighted by Crippen LogP contribution is -2.41. The van der Waals surface area contributed by atoms with Gasteiger partial charge in [-0.25, -0.2) is 13.2 Å². The molecule has 9 heteroatoms. The Bertz CT molecular complexity index is 1140. The number of sulfonamides is 1. The Kier molecular flexibility index (Phi) is 6.41. The number of aryl methyl sites for hydroxylation is 1. The number of hydrogen-bond donors (Lipinski definition) is 1. The molecule has 8 nitrogen and oxygen atoms in total. The van der Waals surface area contributed by atoms with Gasteiger partial charge in [0.1, 0.15) is 5.54 Å². The number of ketones is 1. The molecule has 3 rings (SSSR count). The number of nitrogens with one attached hydrogen (secondary N) is 1. The van der Waals surface area contributed by atoms with E-state index in [-0.39, 0.29) is 5.56 Å². The summed E-state index contributed by atoms with van der Waals surface area (Å²) in [6.45, 7) is 3.31. The quantitative estimate of drug-likeness (QED) is 0.485. The second-order valence-corrected chi connectivity index (χ2v) is 10.1. The van der Waals surface area contributed by atoms with E-state index in [4.69, 9.17) is 0 Å². The number of urea groups is 1. The van der Waals surface area contributed by atoms with Gasteiger partial charge in [0.05, 0.1) is 18.5 Å². The highest BCUT2D eigenvalue weighted by Crippen LogP contribution is 2.29. The van der Waals surface area contributed by atoms with E-state index in [1.54, 1.807) is 6.92 Å². The van der Waals surface area contributed by atoms with Crippen LogP contribution in [-0.4, -0.2) is 50.9 Å². The first kappa shape index (κ1) is 23.5. The summed E-state index contributed by atoms with van der Waals surface area (Å²) in [6.07, 6.45) is 3.02. The van der Waals surface area contributed by atoms with Crippen LogP contribution in [0.1, 0.15) is 41.8 Å². The predicted molar refractivity (Wildman–Crippen MR) is 122 cm³/mol. The largest absolute Gasteiger partial charge is 0.325 e. The summed E-state index contributed by atoms with van der Waals surface area (Å²) in [5.41, 5.74) is 1.23. The van der Waals surface area contributed by atoms with E-state index in [2.05, 4.69) is 12.2 Å². The fourth-order valence-corrected chi connectivity index (χ4v) is 4.12. The molecule has 1 aliphatic heterocycles. The van der Waals surface area contributed by atoms with Gasteiger partial charge in [0, 0.05) is 12.6 Å². The number of carbonyl (C=O) groups excluding carboxylic acids is 3. The van der Waals surface area contributed by atoms with E-state index in [0.717, 1.165) is 33.9 Å². The summed E-state index contributed by atoms with van der Waals surface area (Å²) >= 11 is 0. The number of Topliss-reactive ketones (excluding diaryl/α,β-unsaturated/α-hetero) is 1. The SMILES string of the molecule is CCCc1ccc([C@]2(C)NC(=O)N(CC(=O)c3ccc(N(C)S(C)(=O)=O)cc3)C2=O)cc1. The highest BCUT2D eigenvalue weighted by Gasteiger charge is 2.49. The Hall–Kier alpha value is -3.20. The molecule has 0 unspecified atom stereocenters. The zero-order valence-electron chi connectivity index (χ0n) is 18.6. The van der Waals surface area contributed by atoms with Crippen LogP contribution in [0.2, 0.25) is 0 Å². The molecule has 1 N–H and O–H groups in total. The lowest BCUT2D eigenvalue weighted by Gasteiger charge is -2.22. The number of rotatable bonds is 8. The van der Waals surface area contributed by atoms with Crippen LogP contribution in [0.3, 0.4) is 0 Å². The van der Waals surface area contributed by atoms with Crippen LogP contribution in [0.15, 0.2) is 48.5 Å². The normalized spacial score (nSPS) is 18.6. The summed E-state index contributed by atoms with van der Waals surface area (Å²) in [7, 11) is -2.01. The van der Waals surface area contributed by atoms with E-state index < -0.39 is 39.8 Å². The molecule has 0 bridgehead atoms. The Morgan fingerprint density at radius 1 is 1.06 bits per heavy atom. The third-order valence-electron chi connectivity index (χ3n) is 5.70. The Balaban J connectivity index is 1.75. The number of hydrogen-bond acceptors (Lipinski definition) is 5. The van der Waals surface area contributed by atoms with Crippen molar-refractivity contribution >= 4 is 33.4 Å². The lowest BCUT2D eigenvalue weighted by molar-refractivity contribution is -0.130. The molecule has 1 atom stereocenters. The molecule has 3 amide bonds. The minimum Gasteiger partial charge on any atom is -0.319 e. The third kappa shape index (κ3) is 4.52. The third-order valence-corrected chi connectivity index (χ3v) is 6.90. The smallest absolute Gasteiger partial charge is 0.319 e. The van der Waals surface area contributed by atoms with Crippen LogP contribution in [0.4, 0.5) is 10.5 Å². The molecular formula is C23H27N3O5S. The summed E-state index contributed by atoms with van der Waals surface area (Å²) in [6, 6.07) is 12.9. The van der Waals surface area contributed by atoms with E-state index in [0.29, 0.717) is 11.3 Å². The first-order valence-corrected chi connectivity index (χ1v) is 12.1. The molecule has 1 fully saturated rings. The van der Waals surface area contributed by atoms with Gasteiger partial charge in [-0.3, -0.25) is 18.8 Å². The average Bonchev–Trinajstić information content (AvgIpc) is 2.97. The van der Waals surface area contributed by atoms with E-state index in [1.807, 2.05) is 24.3 Å². The van der Waals surface area contributed by atoms with E-state index >= 15 is 0 Å². The van der Waals surface area contributed by atoms with Crippen molar-refractivity contribution < 1.29 is 22.8 Å². The maximum Gasteiger partial charge on any atom is 0.325 e. The van der Waals surface area contributed by atoms with Crippen molar-refractivity contribution in [2.24, 2.45) is 0 Å². The van der Waals surface area contributed by atoms with Gasteiger partial charge in [-0.05, 0) is 48.7 Å². The van der Waals surface area contributed by atoms with Gasteiger partial charge in [-0.1, -0.05) is 37.6 Å². The van der Waals surface area contributed by atoms with Crippen LogP contribution in [0.5, 0.6) is 0 Å². The van der Waals surface area contributed by atoms with Gasteiger partial charge >= 0.3 is 6.03 Å². The first-order chi connectivity index (χ1) is 15.0. The van der Waals surface area contributed by atoms with Gasteiger partial charge in [-0.2, -0.15) is 0 Å². The maximum atomic E-state index is 13.1. The molecule has 0 radical (unpaired) electrons. The Morgan fingerprint density at radius 2 is 1.66 bits per heavy atom. The molecule has 2 aromatic rings. The number of carbonyl (C=O) groups is 3. The molecule has 2 aromatic carbocycles. The van der Waals surface area contributed by atoms with Crippen LogP contribution >= 0.6 is 0 Å². The average molecular weight is 458 g/mol. The standard InChI is InChI=1S/C23H27N3O5S/c1-5-6-16-7-11-18(12-8-16)23(2)21(28)26(22(29)24-23)15-20(27)17-9-13-19(14-10-17)25(3)32(4,30)31/h7-14H,5-6,15H2,1-4H3,(H,24,29)/t23-/m0/s1. The van der Waals surface area contributed by atoms with Crippen molar-refractivity contribution in [1.29, 1.82) is 0 Å². The molecule has 170 valence electrons. The lowest BCUT2D eigenvalue weighted by atomic mass is 9.91. The van der Waals surface area contributed by atoms with Crippen LogP contribution in [0.25, 0.3) is 0 Å². The van der Waals surface area contributed by atoms with Crippen molar-refractivity contribution in [3.05, 3.63) is 65.2 Å². The summed E-state index contributed by atoms with van der Waals surface area (Å²) in [5, 5.41) is 2.71. The van der Waals surface area contributed by atoms with Gasteiger partial charge < -0.3 is 5.32 Å². The minimum absolute atomic E-state index is 0.272. The fraction of sp³-hybridized carbons (Fsp3) is 0.348. The van der Waals surface area contributed by atoms with Crippen molar-refractivity contribution in [3.63, 3.8) is 0 Å². The topological polar surface area (TPSA) is 104 Å². The predicted octanol–water partition coefficient (Wildman–Crippen LogP) is 2.68. The Labute approximate surface area is 188 Å². The second-order valence-electron chi connectivity index (χ2n) is 8.09. The van der Waals surface area contributed by atoms with Crippen LogP contribution < -0.4 is 9.62 Å². The number of anilines is 1. The monoisotopic (exact) mass is 457 g/mol. The molecule has 0 spiro atoms. The van der Waals surface area contributed by atoms with Crippen molar-refractivity contribution in [3.8, 4) is 0 Å². The molecule has 0 aromatic heterocycles. The van der Waals surface area contributed by atoms with Gasteiger partial charge in [0.25, 0.3) is 5.91 Å². The maximum absolute atomic E-state index is 13.1. The zero-order valence-corrected chi connectivity index (χ0v) is 19.4. The first-order valence-electron chi connectivity index (χ1n) is 10.3. The van der Waals surface area contributed by atoms with E-state index in [9.17, 15) is 22.8 Å². The van der Waals surface area contributed by atoms with E-state index in [1.165, 1.54) is 31.3 Å². The molecule has 0 saturated carbocycles. The highest BCUT2D eigenvalue weighted by molar-refractivity contribution is 7.92. The second kappa shape index (κ2) is 8.74. The van der Waals surface area contributed by atoms with Crippen molar-refractivity contribution in [2.45, 2.75) is 32.2 Å². The molecular weight excluding hydrogens is 430 g/mol. The van der Waals surface area contributed by atoms with Crippen molar-refractivity contribution in [2.75, 3.05) is 24.2 Å². The van der Waals surface area contributed by atoms with Gasteiger partial charge in [-0.15, -0.1) is 0 Å². The molecule has 1 saturated heterocycles. The number of imide groups is 1. The van der Waals surface area contributed by atoms with Gasteiger partial charge in [0.2, 0.25) is 10.0 Å². The van der Waals surface area contributed by atoms with Crippen molar-refractivity contribution in [1.82, 2.24) is 10.2 Å². The number of benzene rings is 2. The summed E-state index contributed by atoms with van der Waals surface area (Å²) in [4.78, 5) is 39.3. The fourth-order valence-electron chi connectivity index (χ4n) is 3.61.